The van der Waals surface area contributed by atoms with Gasteiger partial charge in [0.25, 0.3) is 5.91 Å². The molecule has 0 radical (unpaired) electrons. The predicted octanol–water partition coefficient (Wildman–Crippen LogP) is 0.280. The Morgan fingerprint density at radius 2 is 2.16 bits per heavy atom. The fourth-order valence-corrected chi connectivity index (χ4v) is 2.27. The smallest absolute Gasteiger partial charge is 0.329 e. The molecule has 19 heavy (non-hydrogen) atoms. The first-order valence-electron chi connectivity index (χ1n) is 6.06. The molecule has 0 aromatic carbocycles. The van der Waals surface area contributed by atoms with Gasteiger partial charge in [0.2, 0.25) is 0 Å². The molecule has 1 fully saturated rings. The van der Waals surface area contributed by atoms with E-state index >= 15 is 0 Å². The maximum atomic E-state index is 11.4. The van der Waals surface area contributed by atoms with Crippen LogP contribution in [-0.4, -0.2) is 46.3 Å². The Labute approximate surface area is 110 Å². The number of rotatable bonds is 3. The van der Waals surface area contributed by atoms with Crippen molar-refractivity contribution in [3.05, 3.63) is 17.8 Å². The molecule has 1 aromatic rings. The van der Waals surface area contributed by atoms with Gasteiger partial charge in [-0.05, 0) is 31.9 Å². The maximum absolute atomic E-state index is 11.4. The molecule has 2 rings (SSSR count). The SMILES string of the molecule is CNC(=O)c1ccc(N2CCCC2(C)C(=O)O)nn1. The van der Waals surface area contributed by atoms with Gasteiger partial charge in [-0.15, -0.1) is 10.2 Å². The molecule has 102 valence electrons. The Morgan fingerprint density at radius 1 is 1.42 bits per heavy atom. The first-order valence-corrected chi connectivity index (χ1v) is 6.06. The van der Waals surface area contributed by atoms with Gasteiger partial charge < -0.3 is 15.3 Å². The van der Waals surface area contributed by atoms with Crippen LogP contribution in [0.4, 0.5) is 5.82 Å². The van der Waals surface area contributed by atoms with E-state index in [1.807, 2.05) is 0 Å². The lowest BCUT2D eigenvalue weighted by Crippen LogP contribution is -2.48. The van der Waals surface area contributed by atoms with Crippen LogP contribution < -0.4 is 10.2 Å². The summed E-state index contributed by atoms with van der Waals surface area (Å²) >= 11 is 0. The van der Waals surface area contributed by atoms with E-state index in [9.17, 15) is 14.7 Å². The van der Waals surface area contributed by atoms with E-state index in [1.165, 1.54) is 7.05 Å². The summed E-state index contributed by atoms with van der Waals surface area (Å²) in [6.07, 6.45) is 1.36. The summed E-state index contributed by atoms with van der Waals surface area (Å²) in [6.45, 7) is 2.30. The van der Waals surface area contributed by atoms with Crippen molar-refractivity contribution in [2.24, 2.45) is 0 Å². The number of nitrogens with zero attached hydrogens (tertiary/aromatic N) is 3. The molecule has 1 aliphatic rings. The summed E-state index contributed by atoms with van der Waals surface area (Å²) in [4.78, 5) is 24.5. The van der Waals surface area contributed by atoms with Gasteiger partial charge in [-0.3, -0.25) is 4.79 Å². The molecule has 0 aliphatic carbocycles. The number of hydrogen-bond acceptors (Lipinski definition) is 5. The lowest BCUT2D eigenvalue weighted by Gasteiger charge is -2.31. The number of aliphatic carboxylic acids is 1. The number of carboxylic acids is 1. The largest absolute Gasteiger partial charge is 0.480 e. The third-order valence-corrected chi connectivity index (χ3v) is 3.49. The fourth-order valence-electron chi connectivity index (χ4n) is 2.27. The third kappa shape index (κ3) is 2.23. The van der Waals surface area contributed by atoms with Gasteiger partial charge in [0.05, 0.1) is 0 Å². The van der Waals surface area contributed by atoms with E-state index < -0.39 is 11.5 Å². The quantitative estimate of drug-likeness (QED) is 0.814. The van der Waals surface area contributed by atoms with Gasteiger partial charge in [0.15, 0.2) is 11.5 Å². The summed E-state index contributed by atoms with van der Waals surface area (Å²) in [5, 5.41) is 19.6. The first-order chi connectivity index (χ1) is 8.99. The van der Waals surface area contributed by atoms with Crippen LogP contribution >= 0.6 is 0 Å². The number of carboxylic acid groups (broad SMARTS) is 1. The molecule has 2 N–H and O–H groups in total. The van der Waals surface area contributed by atoms with Crippen LogP contribution in [0.2, 0.25) is 0 Å². The van der Waals surface area contributed by atoms with Crippen molar-refractivity contribution in [2.45, 2.75) is 25.3 Å². The summed E-state index contributed by atoms with van der Waals surface area (Å²) in [5.41, 5.74) is -0.745. The van der Waals surface area contributed by atoms with Gasteiger partial charge in [-0.1, -0.05) is 0 Å². The Bertz CT molecular complexity index is 502. The van der Waals surface area contributed by atoms with Crippen molar-refractivity contribution in [3.63, 3.8) is 0 Å². The zero-order valence-electron chi connectivity index (χ0n) is 10.9. The highest BCUT2D eigenvalue weighted by atomic mass is 16.4. The van der Waals surface area contributed by atoms with Crippen molar-refractivity contribution in [3.8, 4) is 0 Å². The Hall–Kier alpha value is -2.18. The molecular formula is C12H16N4O3. The van der Waals surface area contributed by atoms with Gasteiger partial charge >= 0.3 is 5.97 Å². The highest BCUT2D eigenvalue weighted by Gasteiger charge is 2.44. The number of nitrogens with one attached hydrogen (secondary N) is 1. The average Bonchev–Trinajstić information content (AvgIpc) is 2.81. The summed E-state index contributed by atoms with van der Waals surface area (Å²) in [7, 11) is 1.51. The highest BCUT2D eigenvalue weighted by Crippen LogP contribution is 2.32. The van der Waals surface area contributed by atoms with Gasteiger partial charge in [-0.2, -0.15) is 0 Å². The highest BCUT2D eigenvalue weighted by molar-refractivity contribution is 5.92. The molecule has 2 heterocycles. The van der Waals surface area contributed by atoms with Crippen LogP contribution in [0.3, 0.4) is 0 Å². The minimum Gasteiger partial charge on any atom is -0.480 e. The van der Waals surface area contributed by atoms with E-state index in [4.69, 9.17) is 0 Å². The molecule has 1 aliphatic heterocycles. The lowest BCUT2D eigenvalue weighted by molar-refractivity contribution is -0.142. The molecule has 1 unspecified atom stereocenters. The minimum absolute atomic E-state index is 0.211. The summed E-state index contributed by atoms with van der Waals surface area (Å²) in [6, 6.07) is 3.17. The molecule has 1 aromatic heterocycles. The predicted molar refractivity (Wildman–Crippen MR) is 68.0 cm³/mol. The second-order valence-electron chi connectivity index (χ2n) is 4.69. The molecule has 1 saturated heterocycles. The van der Waals surface area contributed by atoms with E-state index in [0.717, 1.165) is 6.42 Å². The molecule has 7 heteroatoms. The second kappa shape index (κ2) is 4.83. The normalized spacial score (nSPS) is 22.3. The van der Waals surface area contributed by atoms with Crippen LogP contribution in [0.5, 0.6) is 0 Å². The Balaban J connectivity index is 2.27. The van der Waals surface area contributed by atoms with Gasteiger partial charge in [0, 0.05) is 13.6 Å². The van der Waals surface area contributed by atoms with Crippen molar-refractivity contribution >= 4 is 17.7 Å². The van der Waals surface area contributed by atoms with Crippen LogP contribution in [0, 0.1) is 0 Å². The number of amides is 1. The van der Waals surface area contributed by atoms with Gasteiger partial charge in [-0.25, -0.2) is 4.79 Å². The third-order valence-electron chi connectivity index (χ3n) is 3.49. The van der Waals surface area contributed by atoms with Crippen LogP contribution in [0.15, 0.2) is 12.1 Å². The molecule has 0 spiro atoms. The maximum Gasteiger partial charge on any atom is 0.329 e. The average molecular weight is 264 g/mol. The molecule has 0 saturated carbocycles. The molecule has 1 atom stereocenters. The summed E-state index contributed by atoms with van der Waals surface area (Å²) in [5.74, 6) is -0.710. The van der Waals surface area contributed by atoms with Gasteiger partial charge in [0.1, 0.15) is 5.54 Å². The molecule has 0 bridgehead atoms. The van der Waals surface area contributed by atoms with Crippen molar-refractivity contribution in [2.75, 3.05) is 18.5 Å². The molecule has 1 amide bonds. The Morgan fingerprint density at radius 3 is 2.68 bits per heavy atom. The molecule has 7 nitrogen and oxygen atoms in total. The van der Waals surface area contributed by atoms with E-state index in [0.29, 0.717) is 18.8 Å². The Kier molecular flexibility index (Phi) is 3.37. The van der Waals surface area contributed by atoms with Crippen molar-refractivity contribution in [1.29, 1.82) is 0 Å². The number of aromatic nitrogens is 2. The fraction of sp³-hybridized carbons (Fsp3) is 0.500. The van der Waals surface area contributed by atoms with Crippen molar-refractivity contribution < 1.29 is 14.7 Å². The zero-order chi connectivity index (χ0) is 14.0. The second-order valence-corrected chi connectivity index (χ2v) is 4.69. The monoisotopic (exact) mass is 264 g/mol. The molecular weight excluding hydrogens is 248 g/mol. The number of carbonyl (C=O) groups is 2. The minimum atomic E-state index is -0.955. The van der Waals surface area contributed by atoms with E-state index in [1.54, 1.807) is 24.0 Å². The number of anilines is 1. The summed E-state index contributed by atoms with van der Waals surface area (Å²) < 4.78 is 0. The standard InChI is InChI=1S/C12H16N4O3/c1-12(11(18)19)6-3-7-16(12)9-5-4-8(14-15-9)10(17)13-2/h4-5H,3,6-7H2,1-2H3,(H,13,17)(H,18,19). The topological polar surface area (TPSA) is 95.4 Å². The van der Waals surface area contributed by atoms with Crippen LogP contribution in [-0.2, 0) is 4.79 Å². The number of carbonyl (C=O) groups excluding carboxylic acids is 1. The van der Waals surface area contributed by atoms with Crippen molar-refractivity contribution in [1.82, 2.24) is 15.5 Å². The lowest BCUT2D eigenvalue weighted by atomic mass is 9.99. The first kappa shape index (κ1) is 13.3. The zero-order valence-corrected chi connectivity index (χ0v) is 10.9. The van der Waals surface area contributed by atoms with E-state index in [-0.39, 0.29) is 11.6 Å². The van der Waals surface area contributed by atoms with Crippen LogP contribution in [0.25, 0.3) is 0 Å². The van der Waals surface area contributed by atoms with E-state index in [2.05, 4.69) is 15.5 Å². The number of hydrogen-bond donors (Lipinski definition) is 2. The van der Waals surface area contributed by atoms with Crippen LogP contribution in [0.1, 0.15) is 30.3 Å².